The molecule has 2 rings (SSSR count). The molecule has 0 radical (unpaired) electrons. The Balaban J connectivity index is 2.09. The molecule has 3 nitrogen and oxygen atoms in total. The van der Waals surface area contributed by atoms with E-state index in [4.69, 9.17) is 5.26 Å². The van der Waals surface area contributed by atoms with Crippen LogP contribution in [0, 0.1) is 23.1 Å². The van der Waals surface area contributed by atoms with Gasteiger partial charge in [0.1, 0.15) is 17.4 Å². The first kappa shape index (κ1) is 13.8. The largest absolute Gasteiger partial charge is 0.370 e. The van der Waals surface area contributed by atoms with E-state index in [1.54, 1.807) is 6.07 Å². The number of hydrogen-bond acceptors (Lipinski definition) is 3. The van der Waals surface area contributed by atoms with Crippen molar-refractivity contribution in [3.63, 3.8) is 0 Å². The summed E-state index contributed by atoms with van der Waals surface area (Å²) < 4.78 is 13.6. The Kier molecular flexibility index (Phi) is 4.39. The molecule has 0 spiro atoms. The van der Waals surface area contributed by atoms with Gasteiger partial charge < -0.3 is 9.80 Å². The van der Waals surface area contributed by atoms with Crippen molar-refractivity contribution < 1.29 is 4.39 Å². The zero-order valence-corrected chi connectivity index (χ0v) is 11.6. The first-order valence-electron chi connectivity index (χ1n) is 6.77. The van der Waals surface area contributed by atoms with E-state index in [9.17, 15) is 4.39 Å². The summed E-state index contributed by atoms with van der Waals surface area (Å²) in [5, 5.41) is 9.08. The lowest BCUT2D eigenvalue weighted by Gasteiger charge is -2.22. The van der Waals surface area contributed by atoms with E-state index in [0.717, 1.165) is 38.3 Å². The molecule has 0 N–H and O–H groups in total. The molecule has 1 atom stereocenters. The van der Waals surface area contributed by atoms with Crippen molar-refractivity contribution >= 4 is 5.69 Å². The predicted molar refractivity (Wildman–Crippen MR) is 74.6 cm³/mol. The number of nitriles is 1. The van der Waals surface area contributed by atoms with Crippen LogP contribution in [0.2, 0.25) is 0 Å². The Morgan fingerprint density at radius 1 is 1.53 bits per heavy atom. The molecular weight excluding hydrogens is 241 g/mol. The molecule has 4 heteroatoms. The normalized spacial score (nSPS) is 18.9. The number of rotatable bonds is 4. The van der Waals surface area contributed by atoms with E-state index in [0.29, 0.717) is 5.92 Å². The van der Waals surface area contributed by atoms with Gasteiger partial charge >= 0.3 is 0 Å². The van der Waals surface area contributed by atoms with E-state index in [-0.39, 0.29) is 5.56 Å². The lowest BCUT2D eigenvalue weighted by Crippen LogP contribution is -2.28. The molecular formula is C15H20FN3. The lowest BCUT2D eigenvalue weighted by atomic mass is 10.1. The molecule has 1 aliphatic heterocycles. The molecule has 19 heavy (non-hydrogen) atoms. The highest BCUT2D eigenvalue weighted by Gasteiger charge is 2.25. The second kappa shape index (κ2) is 6.03. The highest BCUT2D eigenvalue weighted by atomic mass is 19.1. The molecule has 1 heterocycles. The fourth-order valence-electron chi connectivity index (χ4n) is 2.66. The molecule has 0 saturated carbocycles. The third-order valence-electron chi connectivity index (χ3n) is 3.84. The molecule has 1 fully saturated rings. The first-order valence-corrected chi connectivity index (χ1v) is 6.77. The van der Waals surface area contributed by atoms with Gasteiger partial charge in [0.15, 0.2) is 0 Å². The molecule has 1 unspecified atom stereocenters. The van der Waals surface area contributed by atoms with Crippen molar-refractivity contribution in [3.8, 4) is 6.07 Å². The maximum atomic E-state index is 13.6. The average molecular weight is 261 g/mol. The molecule has 1 aliphatic rings. The summed E-state index contributed by atoms with van der Waals surface area (Å²) in [5.41, 5.74) is 0.913. The first-order chi connectivity index (χ1) is 9.15. The Labute approximate surface area is 114 Å². The number of halogens is 1. The van der Waals surface area contributed by atoms with Crippen LogP contribution in [0.1, 0.15) is 18.9 Å². The van der Waals surface area contributed by atoms with Crippen LogP contribution >= 0.6 is 0 Å². The van der Waals surface area contributed by atoms with Crippen LogP contribution in [0.3, 0.4) is 0 Å². The molecule has 0 aromatic heterocycles. The van der Waals surface area contributed by atoms with Crippen LogP contribution in [-0.4, -0.2) is 38.1 Å². The van der Waals surface area contributed by atoms with Crippen molar-refractivity contribution in [3.05, 3.63) is 29.6 Å². The van der Waals surface area contributed by atoms with Gasteiger partial charge in [-0.3, -0.25) is 0 Å². The topological polar surface area (TPSA) is 30.3 Å². The van der Waals surface area contributed by atoms with Gasteiger partial charge in [0.05, 0.1) is 5.69 Å². The molecule has 0 amide bonds. The SMILES string of the molecule is CCN(C)CC1CCN(c2cccc(F)c2C#N)C1. The van der Waals surface area contributed by atoms with E-state index in [1.165, 1.54) is 6.07 Å². The second-order valence-corrected chi connectivity index (χ2v) is 5.20. The fraction of sp³-hybridized carbons (Fsp3) is 0.533. The standard InChI is InChI=1S/C15H20FN3/c1-3-18(2)10-12-7-8-19(11-12)15-6-4-5-14(16)13(15)9-17/h4-6,12H,3,7-8,10-11H2,1-2H3. The highest BCUT2D eigenvalue weighted by Crippen LogP contribution is 2.28. The monoisotopic (exact) mass is 261 g/mol. The van der Waals surface area contributed by atoms with Gasteiger partial charge in [0, 0.05) is 19.6 Å². The smallest absolute Gasteiger partial charge is 0.143 e. The van der Waals surface area contributed by atoms with E-state index >= 15 is 0 Å². The zero-order chi connectivity index (χ0) is 13.8. The van der Waals surface area contributed by atoms with Crippen LogP contribution in [0.5, 0.6) is 0 Å². The van der Waals surface area contributed by atoms with Gasteiger partial charge in [-0.15, -0.1) is 0 Å². The number of hydrogen-bond donors (Lipinski definition) is 0. The van der Waals surface area contributed by atoms with Gasteiger partial charge in [-0.25, -0.2) is 4.39 Å². The van der Waals surface area contributed by atoms with Crippen molar-refractivity contribution in [2.75, 3.05) is 38.1 Å². The van der Waals surface area contributed by atoms with Gasteiger partial charge in [-0.1, -0.05) is 13.0 Å². The van der Waals surface area contributed by atoms with E-state index in [2.05, 4.69) is 23.8 Å². The molecule has 102 valence electrons. The van der Waals surface area contributed by atoms with Gasteiger partial charge in [-0.2, -0.15) is 5.26 Å². The van der Waals surface area contributed by atoms with Crippen molar-refractivity contribution in [2.24, 2.45) is 5.92 Å². The molecule has 0 bridgehead atoms. The molecule has 1 saturated heterocycles. The Bertz CT molecular complexity index is 481. The Morgan fingerprint density at radius 2 is 2.32 bits per heavy atom. The Hall–Kier alpha value is -1.60. The average Bonchev–Trinajstić information content (AvgIpc) is 2.86. The van der Waals surface area contributed by atoms with Gasteiger partial charge in [-0.05, 0) is 38.1 Å². The summed E-state index contributed by atoms with van der Waals surface area (Å²) >= 11 is 0. The minimum Gasteiger partial charge on any atom is -0.370 e. The third-order valence-corrected chi connectivity index (χ3v) is 3.84. The van der Waals surface area contributed by atoms with Crippen LogP contribution < -0.4 is 4.90 Å². The van der Waals surface area contributed by atoms with Gasteiger partial charge in [0.2, 0.25) is 0 Å². The van der Waals surface area contributed by atoms with Gasteiger partial charge in [0.25, 0.3) is 0 Å². The summed E-state index contributed by atoms with van der Waals surface area (Å²) in [6, 6.07) is 6.85. The highest BCUT2D eigenvalue weighted by molar-refractivity contribution is 5.60. The summed E-state index contributed by atoms with van der Waals surface area (Å²) in [4.78, 5) is 4.43. The lowest BCUT2D eigenvalue weighted by molar-refractivity contribution is 0.300. The minimum absolute atomic E-state index is 0.173. The van der Waals surface area contributed by atoms with Crippen molar-refractivity contribution in [2.45, 2.75) is 13.3 Å². The second-order valence-electron chi connectivity index (χ2n) is 5.20. The van der Waals surface area contributed by atoms with E-state index in [1.807, 2.05) is 12.1 Å². The number of anilines is 1. The third kappa shape index (κ3) is 3.05. The van der Waals surface area contributed by atoms with Crippen LogP contribution in [-0.2, 0) is 0 Å². The summed E-state index contributed by atoms with van der Waals surface area (Å²) in [6.07, 6.45) is 1.10. The maximum Gasteiger partial charge on any atom is 0.143 e. The number of benzene rings is 1. The summed E-state index contributed by atoms with van der Waals surface area (Å²) in [7, 11) is 2.12. The number of nitrogens with zero attached hydrogens (tertiary/aromatic N) is 3. The van der Waals surface area contributed by atoms with E-state index < -0.39 is 5.82 Å². The maximum absolute atomic E-state index is 13.6. The Morgan fingerprint density at radius 3 is 3.00 bits per heavy atom. The molecule has 1 aromatic rings. The van der Waals surface area contributed by atoms with Crippen molar-refractivity contribution in [1.82, 2.24) is 4.90 Å². The van der Waals surface area contributed by atoms with Crippen LogP contribution in [0.25, 0.3) is 0 Å². The van der Waals surface area contributed by atoms with Crippen LogP contribution in [0.15, 0.2) is 18.2 Å². The molecule has 0 aliphatic carbocycles. The summed E-state index contributed by atoms with van der Waals surface area (Å²) in [6.45, 7) is 6.06. The minimum atomic E-state index is -0.422. The zero-order valence-electron chi connectivity index (χ0n) is 11.6. The predicted octanol–water partition coefficient (Wildman–Crippen LogP) is 2.48. The quantitative estimate of drug-likeness (QED) is 0.834. The van der Waals surface area contributed by atoms with Crippen molar-refractivity contribution in [1.29, 1.82) is 5.26 Å². The van der Waals surface area contributed by atoms with Crippen LogP contribution in [0.4, 0.5) is 10.1 Å². The fourth-order valence-corrected chi connectivity index (χ4v) is 2.66. The summed E-state index contributed by atoms with van der Waals surface area (Å²) in [5.74, 6) is 0.175. The molecule has 1 aromatic carbocycles.